The van der Waals surface area contributed by atoms with E-state index in [4.69, 9.17) is 11.6 Å². The lowest BCUT2D eigenvalue weighted by Crippen LogP contribution is -2.24. The van der Waals surface area contributed by atoms with Gasteiger partial charge in [0.25, 0.3) is 5.56 Å². The van der Waals surface area contributed by atoms with Gasteiger partial charge in [0.2, 0.25) is 0 Å². The van der Waals surface area contributed by atoms with Crippen molar-refractivity contribution < 1.29 is 21.6 Å². The molecule has 6 nitrogen and oxygen atoms in total. The Morgan fingerprint density at radius 1 is 1.00 bits per heavy atom. The van der Waals surface area contributed by atoms with Gasteiger partial charge in [-0.1, -0.05) is 17.7 Å². The largest absolute Gasteiger partial charge is 0.277 e. The number of aromatic nitrogens is 3. The SMILES string of the molecule is Cc1cnc(-c2cccc(S(=O)(=O)C3CC3)c2F)c(F)c1-n1c(C)cc([C@@H]2CC2c2cncc(F)c2)c(Cl)c1=O. The van der Waals surface area contributed by atoms with Crippen LogP contribution in [-0.4, -0.2) is 28.2 Å². The normalized spacial score (nSPS) is 18.6. The third kappa shape index (κ3) is 4.34. The molecule has 3 heterocycles. The van der Waals surface area contributed by atoms with Crippen molar-refractivity contribution in [3.8, 4) is 16.9 Å². The lowest BCUT2D eigenvalue weighted by molar-refractivity contribution is 0.564. The number of pyridine rings is 3. The molecular formula is C29H23ClF3N3O3S. The maximum atomic E-state index is 16.1. The lowest BCUT2D eigenvalue weighted by Gasteiger charge is -2.18. The summed E-state index contributed by atoms with van der Waals surface area (Å²) in [6.45, 7) is 3.19. The van der Waals surface area contributed by atoms with Crippen LogP contribution in [0.5, 0.6) is 0 Å². The van der Waals surface area contributed by atoms with E-state index in [1.165, 1.54) is 24.4 Å². The predicted molar refractivity (Wildman–Crippen MR) is 144 cm³/mol. The van der Waals surface area contributed by atoms with Crippen molar-refractivity contribution in [3.63, 3.8) is 0 Å². The molecule has 2 aliphatic rings. The Bertz CT molecular complexity index is 1870. The van der Waals surface area contributed by atoms with Gasteiger partial charge in [-0.15, -0.1) is 0 Å². The number of halogens is 4. The number of benzene rings is 1. The summed E-state index contributed by atoms with van der Waals surface area (Å²) in [6.07, 6.45) is 5.56. The number of aryl methyl sites for hydroxylation is 2. The quantitative estimate of drug-likeness (QED) is 0.269. The van der Waals surface area contributed by atoms with Crippen LogP contribution >= 0.6 is 11.6 Å². The topological polar surface area (TPSA) is 81.9 Å². The summed E-state index contributed by atoms with van der Waals surface area (Å²) < 4.78 is 71.9. The number of rotatable bonds is 6. The first-order valence-corrected chi connectivity index (χ1v) is 14.6. The van der Waals surface area contributed by atoms with Crippen LogP contribution < -0.4 is 5.56 Å². The minimum atomic E-state index is -3.89. The highest BCUT2D eigenvalue weighted by atomic mass is 35.5. The molecule has 1 unspecified atom stereocenters. The zero-order valence-electron chi connectivity index (χ0n) is 21.5. The Labute approximate surface area is 233 Å². The second-order valence-electron chi connectivity index (χ2n) is 10.4. The fourth-order valence-electron chi connectivity index (χ4n) is 5.32. The highest BCUT2D eigenvalue weighted by molar-refractivity contribution is 7.92. The Morgan fingerprint density at radius 3 is 2.45 bits per heavy atom. The van der Waals surface area contributed by atoms with Crippen molar-refractivity contribution in [2.75, 3.05) is 0 Å². The van der Waals surface area contributed by atoms with Gasteiger partial charge in [0, 0.05) is 23.7 Å². The van der Waals surface area contributed by atoms with E-state index < -0.39 is 48.7 Å². The van der Waals surface area contributed by atoms with Crippen LogP contribution in [0.25, 0.3) is 16.9 Å². The molecule has 0 radical (unpaired) electrons. The molecule has 1 aromatic carbocycles. The number of hydrogen-bond donors (Lipinski definition) is 0. The fraction of sp³-hybridized carbons (Fsp3) is 0.276. The molecule has 2 saturated carbocycles. The molecule has 2 atom stereocenters. The van der Waals surface area contributed by atoms with Gasteiger partial charge < -0.3 is 0 Å². The maximum absolute atomic E-state index is 16.1. The third-order valence-electron chi connectivity index (χ3n) is 7.59. The van der Waals surface area contributed by atoms with Gasteiger partial charge in [0.1, 0.15) is 21.4 Å². The Hall–Kier alpha value is -3.50. The van der Waals surface area contributed by atoms with Crippen molar-refractivity contribution >= 4 is 21.4 Å². The van der Waals surface area contributed by atoms with Crippen molar-refractivity contribution in [2.45, 2.75) is 55.1 Å². The van der Waals surface area contributed by atoms with E-state index in [9.17, 15) is 17.6 Å². The molecule has 0 N–H and O–H groups in total. The smallest absolute Gasteiger partial charge is 0.274 e. The molecule has 0 bridgehead atoms. The van der Waals surface area contributed by atoms with E-state index in [2.05, 4.69) is 9.97 Å². The van der Waals surface area contributed by atoms with Crippen molar-refractivity contribution in [1.82, 2.24) is 14.5 Å². The molecule has 0 amide bonds. The molecular weight excluding hydrogens is 563 g/mol. The molecule has 0 aliphatic heterocycles. The van der Waals surface area contributed by atoms with E-state index in [0.29, 0.717) is 41.6 Å². The Balaban J connectivity index is 1.44. The van der Waals surface area contributed by atoms with Gasteiger partial charge in [-0.25, -0.2) is 21.6 Å². The second kappa shape index (κ2) is 9.55. The summed E-state index contributed by atoms with van der Waals surface area (Å²) in [7, 11) is -3.89. The summed E-state index contributed by atoms with van der Waals surface area (Å²) in [6, 6.07) is 6.87. The monoisotopic (exact) mass is 585 g/mol. The highest BCUT2D eigenvalue weighted by Crippen LogP contribution is 2.55. The minimum Gasteiger partial charge on any atom is -0.277 e. The second-order valence-corrected chi connectivity index (χ2v) is 13.0. The number of sulfone groups is 1. The molecule has 11 heteroatoms. The summed E-state index contributed by atoms with van der Waals surface area (Å²) in [5.74, 6) is -2.69. The van der Waals surface area contributed by atoms with Gasteiger partial charge in [-0.05, 0) is 85.9 Å². The van der Waals surface area contributed by atoms with Crippen LogP contribution in [0, 0.1) is 31.3 Å². The summed E-state index contributed by atoms with van der Waals surface area (Å²) in [5, 5.41) is -0.739. The zero-order valence-corrected chi connectivity index (χ0v) is 23.0. The van der Waals surface area contributed by atoms with E-state index in [0.717, 1.165) is 16.8 Å². The first-order chi connectivity index (χ1) is 19.0. The van der Waals surface area contributed by atoms with Crippen molar-refractivity contribution in [3.05, 3.63) is 104 Å². The standard InChI is InChI=1S/C29H23ClF3N3O3S/c1-14-11-35-27(19-4-3-5-23(25(19)32)40(38,39)18-6-7-18)26(33)28(14)36-15(2)8-22(24(30)29(36)37)21-10-20(21)16-9-17(31)13-34-12-16/h3-5,8-9,11-13,18,20-21H,6-7,10H2,1-2H3/t20?,21-/m1/s1. The molecule has 206 valence electrons. The molecule has 3 aromatic heterocycles. The van der Waals surface area contributed by atoms with Crippen LogP contribution in [0.2, 0.25) is 5.02 Å². The summed E-state index contributed by atoms with van der Waals surface area (Å²) in [4.78, 5) is 21.0. The van der Waals surface area contributed by atoms with Gasteiger partial charge in [0.05, 0.1) is 17.1 Å². The van der Waals surface area contributed by atoms with Crippen LogP contribution in [0.3, 0.4) is 0 Å². The van der Waals surface area contributed by atoms with Crippen LogP contribution in [0.4, 0.5) is 13.2 Å². The van der Waals surface area contributed by atoms with Crippen LogP contribution in [0.1, 0.15) is 53.5 Å². The third-order valence-corrected chi connectivity index (χ3v) is 10.3. The molecule has 0 saturated heterocycles. The first kappa shape index (κ1) is 26.7. The summed E-state index contributed by atoms with van der Waals surface area (Å²) in [5.41, 5.74) is 0.408. The molecule has 4 aromatic rings. The van der Waals surface area contributed by atoms with Crippen molar-refractivity contribution in [2.24, 2.45) is 0 Å². The Morgan fingerprint density at radius 2 is 1.75 bits per heavy atom. The lowest BCUT2D eigenvalue weighted by atomic mass is 10.0. The number of hydrogen-bond acceptors (Lipinski definition) is 5. The maximum Gasteiger partial charge on any atom is 0.274 e. The predicted octanol–water partition coefficient (Wildman–Crippen LogP) is 6.19. The van der Waals surface area contributed by atoms with Gasteiger partial charge in [0.15, 0.2) is 21.5 Å². The molecule has 0 spiro atoms. The van der Waals surface area contributed by atoms with E-state index >= 15 is 8.78 Å². The highest BCUT2D eigenvalue weighted by Gasteiger charge is 2.42. The number of nitrogens with zero attached hydrogens (tertiary/aromatic N) is 3. The Kier molecular flexibility index (Phi) is 6.38. The average Bonchev–Trinajstić information content (AvgIpc) is 3.82. The fourth-order valence-corrected chi connectivity index (χ4v) is 7.34. The van der Waals surface area contributed by atoms with Crippen LogP contribution in [0.15, 0.2) is 58.6 Å². The summed E-state index contributed by atoms with van der Waals surface area (Å²) >= 11 is 6.54. The molecule has 6 rings (SSSR count). The minimum absolute atomic E-state index is 0.0523. The molecule has 2 aliphatic carbocycles. The van der Waals surface area contributed by atoms with E-state index in [1.54, 1.807) is 26.1 Å². The molecule has 40 heavy (non-hydrogen) atoms. The first-order valence-electron chi connectivity index (χ1n) is 12.7. The van der Waals surface area contributed by atoms with Gasteiger partial charge in [-0.2, -0.15) is 0 Å². The van der Waals surface area contributed by atoms with E-state index in [-0.39, 0.29) is 28.1 Å². The average molecular weight is 586 g/mol. The van der Waals surface area contributed by atoms with Crippen LogP contribution in [-0.2, 0) is 9.84 Å². The van der Waals surface area contributed by atoms with Gasteiger partial charge >= 0.3 is 0 Å². The zero-order chi connectivity index (χ0) is 28.5. The molecule has 2 fully saturated rings. The van der Waals surface area contributed by atoms with E-state index in [1.807, 2.05) is 0 Å². The van der Waals surface area contributed by atoms with Gasteiger partial charge in [-0.3, -0.25) is 19.3 Å². The van der Waals surface area contributed by atoms with Crippen molar-refractivity contribution in [1.29, 1.82) is 0 Å².